The van der Waals surface area contributed by atoms with Gasteiger partial charge in [0.1, 0.15) is 6.61 Å². The van der Waals surface area contributed by atoms with Crippen molar-refractivity contribution in [1.82, 2.24) is 4.90 Å². The average molecular weight is 268 g/mol. The van der Waals surface area contributed by atoms with Gasteiger partial charge < -0.3 is 9.64 Å². The van der Waals surface area contributed by atoms with Crippen LogP contribution >= 0.6 is 11.6 Å². The zero-order valence-electron chi connectivity index (χ0n) is 10.3. The first-order valence-corrected chi connectivity index (χ1v) is 6.84. The van der Waals surface area contributed by atoms with Crippen LogP contribution in [0.1, 0.15) is 18.4 Å². The molecule has 1 aliphatic rings. The second-order valence-electron chi connectivity index (χ2n) is 4.62. The summed E-state index contributed by atoms with van der Waals surface area (Å²) in [5.74, 6) is 1.20. The van der Waals surface area contributed by atoms with Crippen molar-refractivity contribution in [3.05, 3.63) is 35.9 Å². The van der Waals surface area contributed by atoms with Gasteiger partial charge in [0.05, 0.1) is 0 Å². The molecule has 1 atom stereocenters. The maximum Gasteiger partial charge on any atom is 0.410 e. The molecule has 0 aromatic heterocycles. The highest BCUT2D eigenvalue weighted by Gasteiger charge is 2.26. The van der Waals surface area contributed by atoms with Crippen molar-refractivity contribution in [2.75, 3.05) is 19.0 Å². The van der Waals surface area contributed by atoms with Crippen LogP contribution in [0.2, 0.25) is 0 Å². The van der Waals surface area contributed by atoms with E-state index in [4.69, 9.17) is 16.3 Å². The highest BCUT2D eigenvalue weighted by atomic mass is 35.5. The number of hydrogen-bond donors (Lipinski definition) is 0. The lowest BCUT2D eigenvalue weighted by Gasteiger charge is -2.16. The topological polar surface area (TPSA) is 29.5 Å². The molecule has 0 bridgehead atoms. The Morgan fingerprint density at radius 2 is 2.17 bits per heavy atom. The Bertz CT molecular complexity index is 383. The minimum atomic E-state index is -0.212. The summed E-state index contributed by atoms with van der Waals surface area (Å²) in [7, 11) is 0. The van der Waals surface area contributed by atoms with Gasteiger partial charge in [-0.05, 0) is 24.3 Å². The van der Waals surface area contributed by atoms with Crippen LogP contribution in [0.15, 0.2) is 30.3 Å². The molecule has 0 spiro atoms. The molecule has 1 amide bonds. The van der Waals surface area contributed by atoms with E-state index in [-0.39, 0.29) is 6.09 Å². The van der Waals surface area contributed by atoms with Crippen molar-refractivity contribution in [3.8, 4) is 0 Å². The molecule has 0 saturated carbocycles. The number of alkyl halides is 1. The standard InChI is InChI=1S/C14H18ClNO2/c15-8-6-12-7-9-16(10-12)14(17)18-11-13-4-2-1-3-5-13/h1-5,12H,6-11H2/t12-/m1/s1. The summed E-state index contributed by atoms with van der Waals surface area (Å²) in [6.07, 6.45) is 1.80. The Hall–Kier alpha value is -1.22. The summed E-state index contributed by atoms with van der Waals surface area (Å²) in [5.41, 5.74) is 1.02. The van der Waals surface area contributed by atoms with E-state index >= 15 is 0 Å². The largest absolute Gasteiger partial charge is 0.445 e. The third kappa shape index (κ3) is 3.64. The van der Waals surface area contributed by atoms with Crippen LogP contribution in [0, 0.1) is 5.92 Å². The van der Waals surface area contributed by atoms with Gasteiger partial charge in [-0.2, -0.15) is 0 Å². The molecular weight excluding hydrogens is 250 g/mol. The number of carbonyl (C=O) groups excluding carboxylic acids is 1. The van der Waals surface area contributed by atoms with Gasteiger partial charge in [0, 0.05) is 19.0 Å². The smallest absolute Gasteiger partial charge is 0.410 e. The molecule has 2 rings (SSSR count). The molecule has 0 aliphatic carbocycles. The second-order valence-corrected chi connectivity index (χ2v) is 5.00. The summed E-state index contributed by atoms with van der Waals surface area (Å²) in [5, 5.41) is 0. The van der Waals surface area contributed by atoms with E-state index in [2.05, 4.69) is 0 Å². The molecule has 1 heterocycles. The Labute approximate surface area is 113 Å². The number of hydrogen-bond acceptors (Lipinski definition) is 2. The van der Waals surface area contributed by atoms with E-state index < -0.39 is 0 Å². The number of ether oxygens (including phenoxy) is 1. The number of benzene rings is 1. The first kappa shape index (κ1) is 13.2. The van der Waals surface area contributed by atoms with Gasteiger partial charge in [-0.15, -0.1) is 11.6 Å². The van der Waals surface area contributed by atoms with E-state index in [9.17, 15) is 4.79 Å². The number of likely N-dealkylation sites (tertiary alicyclic amines) is 1. The Kier molecular flexibility index (Phi) is 4.88. The van der Waals surface area contributed by atoms with Gasteiger partial charge in [0.15, 0.2) is 0 Å². The van der Waals surface area contributed by atoms with Crippen LogP contribution < -0.4 is 0 Å². The van der Waals surface area contributed by atoms with Crippen molar-refractivity contribution in [1.29, 1.82) is 0 Å². The van der Waals surface area contributed by atoms with Gasteiger partial charge in [0.2, 0.25) is 0 Å². The number of rotatable bonds is 4. The van der Waals surface area contributed by atoms with Crippen molar-refractivity contribution in [3.63, 3.8) is 0 Å². The van der Waals surface area contributed by atoms with Gasteiger partial charge in [0.25, 0.3) is 0 Å². The normalized spacial score (nSPS) is 18.9. The first-order valence-electron chi connectivity index (χ1n) is 6.31. The third-order valence-corrected chi connectivity index (χ3v) is 3.48. The number of nitrogens with zero attached hydrogens (tertiary/aromatic N) is 1. The highest BCUT2D eigenvalue weighted by Crippen LogP contribution is 2.20. The van der Waals surface area contributed by atoms with Crippen molar-refractivity contribution in [2.45, 2.75) is 19.4 Å². The maximum atomic E-state index is 11.8. The van der Waals surface area contributed by atoms with Crippen molar-refractivity contribution in [2.24, 2.45) is 5.92 Å². The lowest BCUT2D eigenvalue weighted by Crippen LogP contribution is -2.29. The summed E-state index contributed by atoms with van der Waals surface area (Å²) < 4.78 is 5.29. The highest BCUT2D eigenvalue weighted by molar-refractivity contribution is 6.17. The summed E-state index contributed by atoms with van der Waals surface area (Å²) in [6.45, 7) is 1.91. The number of carbonyl (C=O) groups is 1. The molecule has 1 saturated heterocycles. The van der Waals surface area contributed by atoms with Crippen LogP contribution in [0.5, 0.6) is 0 Å². The Morgan fingerprint density at radius 1 is 1.39 bits per heavy atom. The minimum absolute atomic E-state index is 0.212. The predicted molar refractivity (Wildman–Crippen MR) is 71.6 cm³/mol. The SMILES string of the molecule is O=C(OCc1ccccc1)N1CC[C@@H](CCCl)C1. The second kappa shape index (κ2) is 6.64. The van der Waals surface area contributed by atoms with E-state index in [0.29, 0.717) is 18.4 Å². The molecule has 1 aromatic carbocycles. The average Bonchev–Trinajstić information content (AvgIpc) is 2.86. The fourth-order valence-corrected chi connectivity index (χ4v) is 2.51. The predicted octanol–water partition coefficient (Wildman–Crippen LogP) is 3.27. The lowest BCUT2D eigenvalue weighted by molar-refractivity contribution is 0.103. The maximum absolute atomic E-state index is 11.8. The van der Waals surface area contributed by atoms with Crippen LogP contribution in [0.25, 0.3) is 0 Å². The minimum Gasteiger partial charge on any atom is -0.445 e. The molecule has 0 radical (unpaired) electrons. The van der Waals surface area contributed by atoms with Crippen molar-refractivity contribution >= 4 is 17.7 Å². The van der Waals surface area contributed by atoms with Gasteiger partial charge >= 0.3 is 6.09 Å². The summed E-state index contributed by atoms with van der Waals surface area (Å²) in [6, 6.07) is 9.73. The number of halogens is 1. The Morgan fingerprint density at radius 3 is 2.89 bits per heavy atom. The van der Waals surface area contributed by atoms with Crippen LogP contribution in [-0.4, -0.2) is 30.0 Å². The fraction of sp³-hybridized carbons (Fsp3) is 0.500. The van der Waals surface area contributed by atoms with Gasteiger partial charge in [-0.1, -0.05) is 30.3 Å². The molecule has 0 unspecified atom stereocenters. The zero-order chi connectivity index (χ0) is 12.8. The van der Waals surface area contributed by atoms with Crippen molar-refractivity contribution < 1.29 is 9.53 Å². The monoisotopic (exact) mass is 267 g/mol. The van der Waals surface area contributed by atoms with E-state index in [1.807, 2.05) is 30.3 Å². The molecule has 4 heteroatoms. The fourth-order valence-electron chi connectivity index (χ4n) is 2.20. The van der Waals surface area contributed by atoms with Gasteiger partial charge in [-0.25, -0.2) is 4.79 Å². The molecule has 1 aliphatic heterocycles. The van der Waals surface area contributed by atoms with Crippen LogP contribution in [0.3, 0.4) is 0 Å². The molecule has 3 nitrogen and oxygen atoms in total. The molecule has 98 valence electrons. The summed E-state index contributed by atoms with van der Waals surface area (Å²) in [4.78, 5) is 13.6. The molecule has 1 aromatic rings. The molecule has 1 fully saturated rings. The van der Waals surface area contributed by atoms with Crippen LogP contribution in [-0.2, 0) is 11.3 Å². The van der Waals surface area contributed by atoms with E-state index in [1.54, 1.807) is 4.90 Å². The van der Waals surface area contributed by atoms with Crippen LogP contribution in [0.4, 0.5) is 4.79 Å². The first-order chi connectivity index (χ1) is 8.79. The summed E-state index contributed by atoms with van der Waals surface area (Å²) >= 11 is 5.72. The molecule has 0 N–H and O–H groups in total. The van der Waals surface area contributed by atoms with E-state index in [1.165, 1.54) is 0 Å². The number of amides is 1. The Balaban J connectivity index is 1.76. The third-order valence-electron chi connectivity index (χ3n) is 3.27. The zero-order valence-corrected chi connectivity index (χ0v) is 11.1. The lowest BCUT2D eigenvalue weighted by atomic mass is 10.1. The molecular formula is C14H18ClNO2. The van der Waals surface area contributed by atoms with E-state index in [0.717, 1.165) is 31.5 Å². The molecule has 18 heavy (non-hydrogen) atoms. The quantitative estimate of drug-likeness (QED) is 0.784. The van der Waals surface area contributed by atoms with Gasteiger partial charge in [-0.3, -0.25) is 0 Å².